The van der Waals surface area contributed by atoms with Crippen molar-refractivity contribution in [2.75, 3.05) is 13.1 Å². The number of nitrogens with one attached hydrogen (secondary N) is 3. The maximum atomic E-state index is 13.2. The highest BCUT2D eigenvalue weighted by Crippen LogP contribution is 2.19. The van der Waals surface area contributed by atoms with Crippen LogP contribution in [0.4, 0.5) is 0 Å². The maximum Gasteiger partial charge on any atom is 0.268 e. The van der Waals surface area contributed by atoms with Gasteiger partial charge in [0.15, 0.2) is 10.8 Å². The van der Waals surface area contributed by atoms with Gasteiger partial charge in [-0.1, -0.05) is 38.1 Å². The number of sulfonamides is 1. The molecule has 0 aliphatic carbocycles. The van der Waals surface area contributed by atoms with E-state index in [1.807, 2.05) is 38.1 Å². The Hall–Kier alpha value is -3.57. The number of para-hydroxylation sites is 1. The fourth-order valence-electron chi connectivity index (χ4n) is 4.39. The second-order valence-electron chi connectivity index (χ2n) is 9.60. The summed E-state index contributed by atoms with van der Waals surface area (Å²) in [5.41, 5.74) is 1.15. The van der Waals surface area contributed by atoms with Crippen LogP contribution in [0.5, 0.6) is 0 Å². The number of carbonyl (C=O) groups excluding carboxylic acids is 3. The minimum absolute atomic E-state index is 0.0996. The molecular weight excluding hydrogens is 494 g/mol. The molecule has 4 rings (SSSR count). The van der Waals surface area contributed by atoms with Crippen LogP contribution in [0.15, 0.2) is 59.8 Å². The summed E-state index contributed by atoms with van der Waals surface area (Å²) in [6, 6.07) is 12.1. The predicted octanol–water partition coefficient (Wildman–Crippen LogP) is 2.25. The van der Waals surface area contributed by atoms with E-state index in [1.165, 1.54) is 12.3 Å². The molecule has 2 atom stereocenters. The average Bonchev–Trinajstić information content (AvgIpc) is 3.23. The number of hydrogen-bond donors (Lipinski definition) is 3. The first-order valence-electron chi connectivity index (χ1n) is 12.3. The van der Waals surface area contributed by atoms with Gasteiger partial charge < -0.3 is 15.6 Å². The summed E-state index contributed by atoms with van der Waals surface area (Å²) in [6.07, 6.45) is 2.44. The standard InChI is InChI=1S/C26H31N5O5S/c1-17(2)14-21(30-26(34)22-15-18-8-3-4-9-19(18)28-22)25(33)29-20-10-7-13-31(16-23(20)32)37(35,36)24-11-5-6-12-27-24/h3-6,8-9,11-12,15,17,20-21,28H,7,10,13-14,16H2,1-2H3,(H,29,33)(H,30,34)/t20-,21-/m1/s1. The van der Waals surface area contributed by atoms with Crippen molar-refractivity contribution in [3.8, 4) is 0 Å². The Balaban J connectivity index is 1.44. The normalized spacial score (nSPS) is 17.9. The number of Topliss-reactive ketones (excluding diaryl/α,β-unsaturated/α-hetero) is 1. The van der Waals surface area contributed by atoms with Gasteiger partial charge in [0.2, 0.25) is 5.91 Å². The molecule has 0 bridgehead atoms. The highest BCUT2D eigenvalue weighted by atomic mass is 32.2. The second-order valence-corrected chi connectivity index (χ2v) is 11.5. The lowest BCUT2D eigenvalue weighted by molar-refractivity contribution is -0.129. The highest BCUT2D eigenvalue weighted by molar-refractivity contribution is 7.89. The van der Waals surface area contributed by atoms with Gasteiger partial charge in [0.25, 0.3) is 15.9 Å². The monoisotopic (exact) mass is 525 g/mol. The molecule has 10 nitrogen and oxygen atoms in total. The minimum atomic E-state index is -3.93. The van der Waals surface area contributed by atoms with Crippen molar-refractivity contribution in [3.63, 3.8) is 0 Å². The number of carbonyl (C=O) groups is 3. The number of amides is 2. The Morgan fingerprint density at radius 2 is 1.92 bits per heavy atom. The van der Waals surface area contributed by atoms with Crippen LogP contribution >= 0.6 is 0 Å². The van der Waals surface area contributed by atoms with Crippen LogP contribution in [0, 0.1) is 5.92 Å². The number of nitrogens with zero attached hydrogens (tertiary/aromatic N) is 2. The maximum absolute atomic E-state index is 13.2. The molecule has 1 aromatic carbocycles. The van der Waals surface area contributed by atoms with Gasteiger partial charge in [0, 0.05) is 23.6 Å². The van der Waals surface area contributed by atoms with E-state index in [2.05, 4.69) is 20.6 Å². The number of hydrogen-bond acceptors (Lipinski definition) is 6. The van der Waals surface area contributed by atoms with Crippen LogP contribution in [-0.4, -0.2) is 65.5 Å². The van der Waals surface area contributed by atoms with E-state index in [0.717, 1.165) is 15.2 Å². The van der Waals surface area contributed by atoms with Crippen LogP contribution in [0.1, 0.15) is 43.6 Å². The molecule has 0 saturated carbocycles. The van der Waals surface area contributed by atoms with Crippen LogP contribution in [0.25, 0.3) is 10.9 Å². The smallest absolute Gasteiger partial charge is 0.268 e. The molecule has 37 heavy (non-hydrogen) atoms. The minimum Gasteiger partial charge on any atom is -0.351 e. The van der Waals surface area contributed by atoms with Gasteiger partial charge in [0.05, 0.1) is 12.6 Å². The second kappa shape index (κ2) is 11.2. The Labute approximate surface area is 215 Å². The summed E-state index contributed by atoms with van der Waals surface area (Å²) in [6.45, 7) is 3.66. The first-order valence-corrected chi connectivity index (χ1v) is 13.7. The molecule has 3 aromatic rings. The molecule has 1 aliphatic rings. The fraction of sp³-hybridized carbons (Fsp3) is 0.385. The van der Waals surface area contributed by atoms with Gasteiger partial charge in [-0.3, -0.25) is 14.4 Å². The van der Waals surface area contributed by atoms with Gasteiger partial charge in [-0.15, -0.1) is 0 Å². The third-order valence-electron chi connectivity index (χ3n) is 6.28. The quantitative estimate of drug-likeness (QED) is 0.412. The topological polar surface area (TPSA) is 141 Å². The predicted molar refractivity (Wildman–Crippen MR) is 138 cm³/mol. The summed E-state index contributed by atoms with van der Waals surface area (Å²) in [5, 5.41) is 6.31. The molecule has 11 heteroatoms. The van der Waals surface area contributed by atoms with E-state index in [4.69, 9.17) is 0 Å². The molecule has 0 spiro atoms. The molecule has 3 heterocycles. The number of aromatic amines is 1. The van der Waals surface area contributed by atoms with Crippen LogP contribution < -0.4 is 10.6 Å². The summed E-state index contributed by atoms with van der Waals surface area (Å²) in [5.74, 6) is -1.20. The molecule has 3 N–H and O–H groups in total. The van der Waals surface area contributed by atoms with E-state index in [-0.39, 0.29) is 24.0 Å². The van der Waals surface area contributed by atoms with E-state index in [0.29, 0.717) is 25.0 Å². The van der Waals surface area contributed by atoms with Gasteiger partial charge in [-0.05, 0) is 49.4 Å². The molecular formula is C26H31N5O5S. The Morgan fingerprint density at radius 1 is 1.16 bits per heavy atom. The third-order valence-corrected chi connectivity index (χ3v) is 8.04. The zero-order valence-corrected chi connectivity index (χ0v) is 21.6. The fourth-order valence-corrected chi connectivity index (χ4v) is 5.77. The number of H-pyrrole nitrogens is 1. The number of ketones is 1. The summed E-state index contributed by atoms with van der Waals surface area (Å²) in [7, 11) is -3.93. The largest absolute Gasteiger partial charge is 0.351 e. The Bertz CT molecular complexity index is 1350. The van der Waals surface area contributed by atoms with Crippen molar-refractivity contribution in [1.82, 2.24) is 24.9 Å². The lowest BCUT2D eigenvalue weighted by atomic mass is 10.0. The lowest BCUT2D eigenvalue weighted by Crippen LogP contribution is -2.52. The lowest BCUT2D eigenvalue weighted by Gasteiger charge is -2.23. The number of benzene rings is 1. The first-order chi connectivity index (χ1) is 17.6. The van der Waals surface area contributed by atoms with Crippen molar-refractivity contribution < 1.29 is 22.8 Å². The highest BCUT2D eigenvalue weighted by Gasteiger charge is 2.35. The molecule has 1 saturated heterocycles. The Morgan fingerprint density at radius 3 is 2.62 bits per heavy atom. The molecule has 1 fully saturated rings. The zero-order valence-electron chi connectivity index (χ0n) is 20.8. The van der Waals surface area contributed by atoms with E-state index < -0.39 is 39.7 Å². The molecule has 0 unspecified atom stereocenters. The van der Waals surface area contributed by atoms with Crippen LogP contribution in [0.3, 0.4) is 0 Å². The summed E-state index contributed by atoms with van der Waals surface area (Å²) in [4.78, 5) is 46.1. The van der Waals surface area contributed by atoms with Gasteiger partial charge in [-0.2, -0.15) is 4.31 Å². The van der Waals surface area contributed by atoms with Gasteiger partial charge in [-0.25, -0.2) is 13.4 Å². The number of pyridine rings is 1. The van der Waals surface area contributed by atoms with Gasteiger partial charge >= 0.3 is 0 Å². The number of rotatable bonds is 8. The van der Waals surface area contributed by atoms with Crippen molar-refractivity contribution in [2.45, 2.75) is 50.2 Å². The summed E-state index contributed by atoms with van der Waals surface area (Å²) >= 11 is 0. The Kier molecular flexibility index (Phi) is 8.03. The zero-order chi connectivity index (χ0) is 26.6. The van der Waals surface area contributed by atoms with Crippen molar-refractivity contribution >= 4 is 38.5 Å². The van der Waals surface area contributed by atoms with Crippen LogP contribution in [-0.2, 0) is 19.6 Å². The van der Waals surface area contributed by atoms with Crippen LogP contribution in [0.2, 0.25) is 0 Å². The average molecular weight is 526 g/mol. The van der Waals surface area contributed by atoms with Crippen molar-refractivity contribution in [1.29, 1.82) is 0 Å². The van der Waals surface area contributed by atoms with Crippen molar-refractivity contribution in [2.24, 2.45) is 5.92 Å². The molecule has 1 aliphatic heterocycles. The van der Waals surface area contributed by atoms with E-state index >= 15 is 0 Å². The van der Waals surface area contributed by atoms with E-state index in [9.17, 15) is 22.8 Å². The molecule has 2 aromatic heterocycles. The van der Waals surface area contributed by atoms with Gasteiger partial charge in [0.1, 0.15) is 11.7 Å². The molecule has 2 amide bonds. The number of aromatic nitrogens is 2. The molecule has 0 radical (unpaired) electrons. The van der Waals surface area contributed by atoms with Crippen molar-refractivity contribution in [3.05, 3.63) is 60.4 Å². The SMILES string of the molecule is CC(C)C[C@@H](NC(=O)c1cc2ccccc2[nH]1)C(=O)N[C@@H]1CCCN(S(=O)(=O)c2ccccn2)CC1=O. The first kappa shape index (κ1) is 26.5. The number of fused-ring (bicyclic) bond motifs is 1. The molecule has 196 valence electrons. The van der Waals surface area contributed by atoms with E-state index in [1.54, 1.807) is 18.2 Å². The third kappa shape index (κ3) is 6.23. The summed E-state index contributed by atoms with van der Waals surface area (Å²) < 4.78 is 27.0.